The van der Waals surface area contributed by atoms with Crippen molar-refractivity contribution < 1.29 is 4.74 Å². The van der Waals surface area contributed by atoms with Gasteiger partial charge in [0.05, 0.1) is 29.9 Å². The van der Waals surface area contributed by atoms with Gasteiger partial charge in [-0.05, 0) is 67.3 Å². The Morgan fingerprint density at radius 2 is 1.48 bits per heavy atom. The average Bonchev–Trinajstić information content (AvgIpc) is 2.81. The molecule has 3 rings (SSSR count). The summed E-state index contributed by atoms with van der Waals surface area (Å²) >= 11 is 0. The summed E-state index contributed by atoms with van der Waals surface area (Å²) in [6.45, 7) is 6.05. The Kier molecular flexibility index (Phi) is 7.94. The van der Waals surface area contributed by atoms with Crippen LogP contribution >= 0.6 is 0 Å². The van der Waals surface area contributed by atoms with Crippen molar-refractivity contribution >= 4 is 17.1 Å². The lowest BCUT2D eigenvalue weighted by Gasteiger charge is -2.15. The molecule has 0 aliphatic rings. The average molecular weight is 416 g/mol. The first-order valence-electron chi connectivity index (χ1n) is 9.94. The van der Waals surface area contributed by atoms with E-state index in [1.165, 1.54) is 0 Å². The minimum absolute atomic E-state index is 0.0870. The van der Waals surface area contributed by atoms with E-state index in [0.29, 0.717) is 29.8 Å². The maximum Gasteiger partial charge on any atom is 0.272 e. The van der Waals surface area contributed by atoms with E-state index < -0.39 is 10.9 Å². The highest BCUT2D eigenvalue weighted by Crippen LogP contribution is 2.26. The Morgan fingerprint density at radius 1 is 0.903 bits per heavy atom. The third kappa shape index (κ3) is 5.29. The molecule has 0 unspecified atom stereocenters. The van der Waals surface area contributed by atoms with Crippen molar-refractivity contribution in [1.82, 2.24) is 0 Å². The Hall–Kier alpha value is -4.10. The summed E-state index contributed by atoms with van der Waals surface area (Å²) in [6.07, 6.45) is 1.58. The quantitative estimate of drug-likeness (QED) is 0.464. The second kappa shape index (κ2) is 10.6. The molecule has 0 saturated heterocycles. The molecule has 0 radical (unpaired) electrons. The van der Waals surface area contributed by atoms with Crippen LogP contribution in [0, 0.1) is 22.7 Å². The van der Waals surface area contributed by atoms with Gasteiger partial charge in [0.25, 0.3) is 10.9 Å². The molecule has 0 amide bonds. The molecule has 0 spiro atoms. The summed E-state index contributed by atoms with van der Waals surface area (Å²) in [6, 6.07) is 14.6. The highest BCUT2D eigenvalue weighted by Gasteiger charge is 2.22. The summed E-state index contributed by atoms with van der Waals surface area (Å²) in [5, 5.41) is 20.4. The molecule has 0 fully saturated rings. The Bertz CT molecular complexity index is 1230. The Morgan fingerprint density at radius 3 is 2.03 bits per heavy atom. The zero-order chi connectivity index (χ0) is 23.0. The maximum absolute atomic E-state index is 11.6. The standard InChI is InChI=1S/C15H14N2O3.C9H10N2/c1-3-10-7-9(8-16)5-6-11(10)17-12-13(18)14(19)15(12)20-4-2;1-2-8-5-7(6-10)3-4-9(8)11/h5-7,17H,3-4H2,1-2H3;3-5H,2,11H2,1H3. The normalized spacial score (nSPS) is 9.84. The monoisotopic (exact) mass is 416 g/mol. The minimum Gasteiger partial charge on any atom is -0.488 e. The van der Waals surface area contributed by atoms with Crippen LogP contribution in [-0.4, -0.2) is 6.61 Å². The molecule has 0 saturated carbocycles. The number of nitriles is 2. The summed E-state index contributed by atoms with van der Waals surface area (Å²) in [4.78, 5) is 23.0. The molecule has 158 valence electrons. The van der Waals surface area contributed by atoms with Gasteiger partial charge < -0.3 is 15.8 Å². The first-order chi connectivity index (χ1) is 14.9. The molecule has 3 aromatic rings. The van der Waals surface area contributed by atoms with Gasteiger partial charge in [-0.1, -0.05) is 13.8 Å². The third-order valence-electron chi connectivity index (χ3n) is 4.68. The molecule has 31 heavy (non-hydrogen) atoms. The molecular weight excluding hydrogens is 392 g/mol. The van der Waals surface area contributed by atoms with Gasteiger partial charge in [0.15, 0.2) is 5.75 Å². The molecule has 0 aromatic heterocycles. The van der Waals surface area contributed by atoms with E-state index in [2.05, 4.69) is 17.5 Å². The fourth-order valence-electron chi connectivity index (χ4n) is 2.96. The van der Waals surface area contributed by atoms with E-state index in [0.717, 1.165) is 23.2 Å². The predicted molar refractivity (Wildman–Crippen MR) is 121 cm³/mol. The van der Waals surface area contributed by atoms with Crippen LogP contribution in [0.4, 0.5) is 17.1 Å². The molecule has 0 aliphatic carbocycles. The zero-order valence-corrected chi connectivity index (χ0v) is 17.8. The van der Waals surface area contributed by atoms with E-state index in [4.69, 9.17) is 21.0 Å². The molecule has 0 atom stereocenters. The van der Waals surface area contributed by atoms with Gasteiger partial charge in [0.2, 0.25) is 0 Å². The van der Waals surface area contributed by atoms with Gasteiger partial charge >= 0.3 is 0 Å². The van der Waals surface area contributed by atoms with E-state index in [1.807, 2.05) is 19.9 Å². The van der Waals surface area contributed by atoms with Gasteiger partial charge in [-0.2, -0.15) is 10.5 Å². The van der Waals surface area contributed by atoms with Crippen LogP contribution in [0.3, 0.4) is 0 Å². The lowest BCUT2D eigenvalue weighted by Crippen LogP contribution is -2.35. The van der Waals surface area contributed by atoms with E-state index >= 15 is 0 Å². The van der Waals surface area contributed by atoms with Crippen molar-refractivity contribution in [2.75, 3.05) is 17.7 Å². The summed E-state index contributed by atoms with van der Waals surface area (Å²) in [7, 11) is 0. The fourth-order valence-corrected chi connectivity index (χ4v) is 2.96. The molecule has 3 N–H and O–H groups in total. The number of benzene rings is 2. The molecule has 0 aliphatic heterocycles. The lowest BCUT2D eigenvalue weighted by molar-refractivity contribution is 0.335. The van der Waals surface area contributed by atoms with E-state index in [9.17, 15) is 9.59 Å². The second-order valence-corrected chi connectivity index (χ2v) is 6.64. The molecule has 3 aromatic carbocycles. The third-order valence-corrected chi connectivity index (χ3v) is 4.68. The first-order valence-corrected chi connectivity index (χ1v) is 9.94. The van der Waals surface area contributed by atoms with Crippen molar-refractivity contribution in [2.24, 2.45) is 0 Å². The van der Waals surface area contributed by atoms with E-state index in [-0.39, 0.29) is 11.4 Å². The molecule has 0 bridgehead atoms. The number of nitrogens with one attached hydrogen (secondary N) is 1. The van der Waals surface area contributed by atoms with Crippen LogP contribution in [0.25, 0.3) is 0 Å². The molecule has 7 heteroatoms. The van der Waals surface area contributed by atoms with Crippen LogP contribution in [0.15, 0.2) is 46.0 Å². The first kappa shape index (κ1) is 23.2. The number of aryl methyl sites for hydroxylation is 2. The number of nitrogens with zero attached hydrogens (tertiary/aromatic N) is 2. The van der Waals surface area contributed by atoms with Crippen molar-refractivity contribution in [3.63, 3.8) is 0 Å². The lowest BCUT2D eigenvalue weighted by atomic mass is 10.1. The Balaban J connectivity index is 0.000000262. The highest BCUT2D eigenvalue weighted by molar-refractivity contribution is 5.72. The summed E-state index contributed by atoms with van der Waals surface area (Å²) in [5.41, 5.74) is 9.33. The van der Waals surface area contributed by atoms with Crippen LogP contribution in [-0.2, 0) is 12.8 Å². The number of rotatable bonds is 6. The van der Waals surface area contributed by atoms with E-state index in [1.54, 1.807) is 37.3 Å². The number of anilines is 3. The van der Waals surface area contributed by atoms with Gasteiger partial charge in [-0.3, -0.25) is 9.59 Å². The Labute approximate surface area is 181 Å². The number of hydrogen-bond acceptors (Lipinski definition) is 7. The van der Waals surface area contributed by atoms with Crippen LogP contribution in [0.1, 0.15) is 43.0 Å². The van der Waals surface area contributed by atoms with Gasteiger partial charge in [-0.15, -0.1) is 0 Å². The van der Waals surface area contributed by atoms with Crippen molar-refractivity contribution in [2.45, 2.75) is 33.6 Å². The SMILES string of the molecule is CCOc1c(Nc2ccc(C#N)cc2CC)c(=O)c1=O.CCc1cc(C#N)ccc1N. The van der Waals surface area contributed by atoms with Gasteiger partial charge in [0, 0.05) is 11.4 Å². The second-order valence-electron chi connectivity index (χ2n) is 6.64. The molecule has 7 nitrogen and oxygen atoms in total. The zero-order valence-electron chi connectivity index (χ0n) is 17.8. The van der Waals surface area contributed by atoms with Crippen LogP contribution < -0.4 is 26.6 Å². The predicted octanol–water partition coefficient (Wildman–Crippen LogP) is 3.56. The number of nitrogens with two attached hydrogens (primary N) is 1. The minimum atomic E-state index is -0.596. The fraction of sp³-hybridized carbons (Fsp3) is 0.250. The summed E-state index contributed by atoms with van der Waals surface area (Å²) < 4.78 is 5.16. The number of ether oxygens (including phenoxy) is 1. The highest BCUT2D eigenvalue weighted by atomic mass is 16.5. The van der Waals surface area contributed by atoms with Crippen molar-refractivity contribution in [3.05, 3.63) is 79.1 Å². The largest absolute Gasteiger partial charge is 0.488 e. The van der Waals surface area contributed by atoms with Gasteiger partial charge in [0.1, 0.15) is 5.69 Å². The molecular formula is C24H24N4O3. The summed E-state index contributed by atoms with van der Waals surface area (Å²) in [5.74, 6) is 0.0870. The van der Waals surface area contributed by atoms with Crippen molar-refractivity contribution in [3.8, 4) is 17.9 Å². The molecule has 0 heterocycles. The van der Waals surface area contributed by atoms with Gasteiger partial charge in [-0.25, -0.2) is 0 Å². The van der Waals surface area contributed by atoms with Crippen LogP contribution in [0.5, 0.6) is 5.75 Å². The number of hydrogen-bond donors (Lipinski definition) is 2. The van der Waals surface area contributed by atoms with Crippen molar-refractivity contribution in [1.29, 1.82) is 10.5 Å². The number of nitrogen functional groups attached to an aromatic ring is 1. The topological polar surface area (TPSA) is 129 Å². The smallest absolute Gasteiger partial charge is 0.272 e. The van der Waals surface area contributed by atoms with Crippen LogP contribution in [0.2, 0.25) is 0 Å². The maximum atomic E-state index is 11.6.